The molecule has 1 aromatic heterocycles. The van der Waals surface area contributed by atoms with Crippen molar-refractivity contribution in [2.24, 2.45) is 7.05 Å². The third kappa shape index (κ3) is 1.90. The first-order valence-corrected chi connectivity index (χ1v) is 4.94. The maximum absolute atomic E-state index is 11.8. The van der Waals surface area contributed by atoms with E-state index in [0.717, 1.165) is 0 Å². The van der Waals surface area contributed by atoms with Crippen molar-refractivity contribution < 1.29 is 14.8 Å². The SMILES string of the molecule is COc1cc2c(=O)n(C)cnc2cc1B(O)O. The predicted molar refractivity (Wildman–Crippen MR) is 63.4 cm³/mol. The molecule has 0 spiro atoms. The first-order chi connectivity index (χ1) is 8.04. The number of nitrogens with zero attached hydrogens (tertiary/aromatic N) is 2. The number of ether oxygens (including phenoxy) is 1. The third-order valence-electron chi connectivity index (χ3n) is 2.55. The molecule has 0 aliphatic heterocycles. The molecule has 0 radical (unpaired) electrons. The zero-order valence-electron chi connectivity index (χ0n) is 9.41. The van der Waals surface area contributed by atoms with Crippen molar-refractivity contribution in [1.29, 1.82) is 0 Å². The van der Waals surface area contributed by atoms with Crippen molar-refractivity contribution in [3.05, 3.63) is 28.8 Å². The minimum absolute atomic E-state index is 0.181. The maximum atomic E-state index is 11.8. The lowest BCUT2D eigenvalue weighted by Gasteiger charge is -2.09. The summed E-state index contributed by atoms with van der Waals surface area (Å²) in [5.41, 5.74) is 0.366. The zero-order chi connectivity index (χ0) is 12.6. The third-order valence-corrected chi connectivity index (χ3v) is 2.55. The first-order valence-electron chi connectivity index (χ1n) is 4.94. The highest BCUT2D eigenvalue weighted by Gasteiger charge is 2.19. The average Bonchev–Trinajstić information content (AvgIpc) is 2.32. The Kier molecular flexibility index (Phi) is 2.87. The second kappa shape index (κ2) is 4.19. The Morgan fingerprint density at radius 2 is 2.12 bits per heavy atom. The van der Waals surface area contributed by atoms with E-state index in [9.17, 15) is 14.8 Å². The van der Waals surface area contributed by atoms with Gasteiger partial charge in [-0.15, -0.1) is 0 Å². The van der Waals surface area contributed by atoms with Gasteiger partial charge in [0.25, 0.3) is 5.56 Å². The van der Waals surface area contributed by atoms with Gasteiger partial charge < -0.3 is 19.4 Å². The smallest absolute Gasteiger partial charge is 0.492 e. The van der Waals surface area contributed by atoms with E-state index in [0.29, 0.717) is 10.9 Å². The summed E-state index contributed by atoms with van der Waals surface area (Å²) in [7, 11) is 1.32. The molecule has 17 heavy (non-hydrogen) atoms. The molecule has 0 aliphatic carbocycles. The van der Waals surface area contributed by atoms with Crippen LogP contribution in [0.5, 0.6) is 5.75 Å². The molecule has 0 unspecified atom stereocenters. The summed E-state index contributed by atoms with van der Waals surface area (Å²) in [6.07, 6.45) is 1.38. The highest BCUT2D eigenvalue weighted by atomic mass is 16.5. The topological polar surface area (TPSA) is 84.6 Å². The Morgan fingerprint density at radius 1 is 1.41 bits per heavy atom. The van der Waals surface area contributed by atoms with E-state index in [1.165, 1.54) is 30.1 Å². The minimum Gasteiger partial charge on any atom is -0.497 e. The number of benzene rings is 1. The minimum atomic E-state index is -1.67. The van der Waals surface area contributed by atoms with Crippen LogP contribution in [0.25, 0.3) is 10.9 Å². The van der Waals surface area contributed by atoms with Crippen LogP contribution in [0.1, 0.15) is 0 Å². The molecule has 0 aliphatic rings. The lowest BCUT2D eigenvalue weighted by molar-refractivity contribution is 0.403. The van der Waals surface area contributed by atoms with Gasteiger partial charge in [-0.3, -0.25) is 4.79 Å². The molecule has 0 bridgehead atoms. The molecule has 0 atom stereocenters. The quantitative estimate of drug-likeness (QED) is 0.625. The van der Waals surface area contributed by atoms with E-state index >= 15 is 0 Å². The molecule has 6 nitrogen and oxygen atoms in total. The molecule has 0 saturated carbocycles. The highest BCUT2D eigenvalue weighted by molar-refractivity contribution is 6.60. The van der Waals surface area contributed by atoms with Crippen LogP contribution in [0.2, 0.25) is 0 Å². The fourth-order valence-corrected chi connectivity index (χ4v) is 1.63. The number of hydrogen-bond donors (Lipinski definition) is 2. The van der Waals surface area contributed by atoms with E-state index in [4.69, 9.17) is 4.74 Å². The second-order valence-electron chi connectivity index (χ2n) is 3.65. The van der Waals surface area contributed by atoms with Gasteiger partial charge in [0.05, 0.1) is 24.3 Å². The normalized spacial score (nSPS) is 10.6. The summed E-state index contributed by atoms with van der Waals surface area (Å²) < 4.78 is 6.36. The van der Waals surface area contributed by atoms with Crippen molar-refractivity contribution in [1.82, 2.24) is 9.55 Å². The van der Waals surface area contributed by atoms with Crippen molar-refractivity contribution in [3.63, 3.8) is 0 Å². The van der Waals surface area contributed by atoms with Gasteiger partial charge in [0, 0.05) is 12.5 Å². The van der Waals surface area contributed by atoms with Crippen LogP contribution < -0.4 is 15.8 Å². The van der Waals surface area contributed by atoms with E-state index in [2.05, 4.69) is 4.98 Å². The molecule has 1 aromatic carbocycles. The van der Waals surface area contributed by atoms with Crippen LogP contribution in [0.15, 0.2) is 23.3 Å². The summed E-state index contributed by atoms with van der Waals surface area (Å²) >= 11 is 0. The van der Waals surface area contributed by atoms with E-state index in [1.807, 2.05) is 0 Å². The number of fused-ring (bicyclic) bond motifs is 1. The van der Waals surface area contributed by atoms with Gasteiger partial charge >= 0.3 is 7.12 Å². The monoisotopic (exact) mass is 234 g/mol. The number of aryl methyl sites for hydroxylation is 1. The Bertz CT molecular complexity index is 623. The zero-order valence-corrected chi connectivity index (χ0v) is 9.41. The lowest BCUT2D eigenvalue weighted by Crippen LogP contribution is -2.32. The second-order valence-corrected chi connectivity index (χ2v) is 3.65. The molecule has 2 aromatic rings. The average molecular weight is 234 g/mol. The molecular weight excluding hydrogens is 223 g/mol. The van der Waals surface area contributed by atoms with Crippen molar-refractivity contribution in [3.8, 4) is 5.75 Å². The lowest BCUT2D eigenvalue weighted by atomic mass is 9.79. The van der Waals surface area contributed by atoms with Crippen LogP contribution in [0.3, 0.4) is 0 Å². The van der Waals surface area contributed by atoms with Gasteiger partial charge in [-0.2, -0.15) is 0 Å². The predicted octanol–water partition coefficient (Wildman–Crippen LogP) is -1.38. The number of rotatable bonds is 2. The molecular formula is C10H11BN2O4. The molecule has 2 N–H and O–H groups in total. The summed E-state index contributed by atoms with van der Waals surface area (Å²) in [4.78, 5) is 15.9. The van der Waals surface area contributed by atoms with Crippen molar-refractivity contribution in [2.45, 2.75) is 0 Å². The summed E-state index contributed by atoms with van der Waals surface area (Å²) in [5.74, 6) is 0.248. The van der Waals surface area contributed by atoms with Crippen LogP contribution in [0.4, 0.5) is 0 Å². The van der Waals surface area contributed by atoms with Crippen LogP contribution >= 0.6 is 0 Å². The van der Waals surface area contributed by atoms with Crippen LogP contribution in [0, 0.1) is 0 Å². The number of hydrogen-bond acceptors (Lipinski definition) is 5. The van der Waals surface area contributed by atoms with E-state index < -0.39 is 7.12 Å². The Balaban J connectivity index is 2.83. The Labute approximate surface area is 97.2 Å². The molecule has 1 heterocycles. The number of aromatic nitrogens is 2. The first kappa shape index (κ1) is 11.6. The van der Waals surface area contributed by atoms with E-state index in [1.54, 1.807) is 7.05 Å². The Hall–Kier alpha value is -1.86. The van der Waals surface area contributed by atoms with Gasteiger partial charge in [-0.1, -0.05) is 0 Å². The van der Waals surface area contributed by atoms with Gasteiger partial charge in [0.1, 0.15) is 5.75 Å². The van der Waals surface area contributed by atoms with E-state index in [-0.39, 0.29) is 16.8 Å². The number of methoxy groups -OCH3 is 1. The maximum Gasteiger partial charge on any atom is 0.492 e. The largest absolute Gasteiger partial charge is 0.497 e. The highest BCUT2D eigenvalue weighted by Crippen LogP contribution is 2.14. The summed E-state index contributed by atoms with van der Waals surface area (Å²) in [6.45, 7) is 0. The van der Waals surface area contributed by atoms with Crippen LogP contribution in [-0.4, -0.2) is 33.8 Å². The fraction of sp³-hybridized carbons (Fsp3) is 0.200. The van der Waals surface area contributed by atoms with Gasteiger partial charge in [0.15, 0.2) is 0 Å². The molecule has 0 amide bonds. The van der Waals surface area contributed by atoms with Crippen molar-refractivity contribution >= 4 is 23.5 Å². The molecule has 0 saturated heterocycles. The molecule has 7 heteroatoms. The van der Waals surface area contributed by atoms with Gasteiger partial charge in [-0.25, -0.2) is 4.98 Å². The summed E-state index contributed by atoms with van der Waals surface area (Å²) in [6, 6.07) is 2.89. The Morgan fingerprint density at radius 3 is 2.71 bits per heavy atom. The van der Waals surface area contributed by atoms with Gasteiger partial charge in [0.2, 0.25) is 0 Å². The molecule has 88 valence electrons. The molecule has 2 rings (SSSR count). The summed E-state index contributed by atoms with van der Waals surface area (Å²) in [5, 5.41) is 18.7. The standard InChI is InChI=1S/C10H11BN2O4/c1-13-5-12-8-4-7(11(15)16)9(17-2)3-6(8)10(13)14/h3-5,15-16H,1-2H3. The van der Waals surface area contributed by atoms with Crippen molar-refractivity contribution in [2.75, 3.05) is 7.11 Å². The van der Waals surface area contributed by atoms with Crippen LogP contribution in [-0.2, 0) is 7.05 Å². The fourth-order valence-electron chi connectivity index (χ4n) is 1.63. The van der Waals surface area contributed by atoms with Gasteiger partial charge in [-0.05, 0) is 12.1 Å². The molecule has 0 fully saturated rings.